The highest BCUT2D eigenvalue weighted by molar-refractivity contribution is 5.97. The number of rotatable bonds is 6. The number of nitrogens with one attached hydrogen (secondary N) is 2. The summed E-state index contributed by atoms with van der Waals surface area (Å²) in [5.41, 5.74) is 3.00. The number of amides is 2. The van der Waals surface area contributed by atoms with Gasteiger partial charge in [-0.25, -0.2) is 5.43 Å². The van der Waals surface area contributed by atoms with Gasteiger partial charge in [0.1, 0.15) is 13.2 Å². The summed E-state index contributed by atoms with van der Waals surface area (Å²) >= 11 is 0. The monoisotopic (exact) mass is 385 g/mol. The third kappa shape index (κ3) is 4.50. The Morgan fingerprint density at radius 2 is 2.00 bits per heavy atom. The maximum absolute atomic E-state index is 12.2. The van der Waals surface area contributed by atoms with Gasteiger partial charge in [0.25, 0.3) is 11.8 Å². The molecule has 146 valence electrons. The Labute approximate surface area is 160 Å². The number of methoxy groups -OCH3 is 1. The zero-order valence-electron chi connectivity index (χ0n) is 15.1. The Kier molecular flexibility index (Phi) is 5.95. The molecule has 9 heteroatoms. The highest BCUT2D eigenvalue weighted by atomic mass is 16.6. The van der Waals surface area contributed by atoms with E-state index in [1.54, 1.807) is 36.4 Å². The fourth-order valence-corrected chi connectivity index (χ4v) is 2.47. The van der Waals surface area contributed by atoms with Crippen molar-refractivity contribution >= 4 is 18.0 Å². The van der Waals surface area contributed by atoms with Gasteiger partial charge in [0.2, 0.25) is 0 Å². The van der Waals surface area contributed by atoms with Crippen molar-refractivity contribution in [3.8, 4) is 23.0 Å². The van der Waals surface area contributed by atoms with E-state index in [2.05, 4.69) is 15.8 Å². The maximum Gasteiger partial charge on any atom is 0.259 e. The third-order valence-corrected chi connectivity index (χ3v) is 3.86. The first-order chi connectivity index (χ1) is 13.6. The molecular weight excluding hydrogens is 366 g/mol. The summed E-state index contributed by atoms with van der Waals surface area (Å²) in [6.07, 6.45) is 1.28. The van der Waals surface area contributed by atoms with E-state index in [9.17, 15) is 14.7 Å². The van der Waals surface area contributed by atoms with Gasteiger partial charge in [-0.1, -0.05) is 6.07 Å². The Balaban J connectivity index is 1.51. The number of fused-ring (bicyclic) bond motifs is 1. The molecule has 3 rings (SSSR count). The van der Waals surface area contributed by atoms with Crippen molar-refractivity contribution in [2.75, 3.05) is 26.9 Å². The molecule has 28 heavy (non-hydrogen) atoms. The Bertz CT molecular complexity index is 913. The van der Waals surface area contributed by atoms with E-state index in [1.807, 2.05) is 0 Å². The molecule has 0 atom stereocenters. The summed E-state index contributed by atoms with van der Waals surface area (Å²) in [7, 11) is 1.43. The number of nitrogens with zero attached hydrogens (tertiary/aromatic N) is 1. The molecule has 2 amide bonds. The van der Waals surface area contributed by atoms with Gasteiger partial charge >= 0.3 is 0 Å². The van der Waals surface area contributed by atoms with E-state index < -0.39 is 11.8 Å². The summed E-state index contributed by atoms with van der Waals surface area (Å²) in [5.74, 6) is 0.324. The predicted octanol–water partition coefficient (Wildman–Crippen LogP) is 1.05. The number of phenolic OH excluding ortho intramolecular Hbond substituents is 1. The molecule has 2 aromatic rings. The molecule has 2 aromatic carbocycles. The van der Waals surface area contributed by atoms with E-state index in [0.717, 1.165) is 0 Å². The SMILES string of the molecule is COc1cccc(/C=N\NC(=O)CNC(=O)c2ccc3c(c2)OCCO3)c1O. The Morgan fingerprint density at radius 1 is 1.21 bits per heavy atom. The number of carbonyl (C=O) groups excluding carboxylic acids is 2. The molecule has 1 aliphatic rings. The molecule has 9 nitrogen and oxygen atoms in total. The van der Waals surface area contributed by atoms with Gasteiger partial charge in [0, 0.05) is 11.1 Å². The molecule has 1 heterocycles. The van der Waals surface area contributed by atoms with Crippen molar-refractivity contribution < 1.29 is 28.9 Å². The summed E-state index contributed by atoms with van der Waals surface area (Å²) in [4.78, 5) is 24.0. The van der Waals surface area contributed by atoms with Crippen LogP contribution in [0.1, 0.15) is 15.9 Å². The number of carbonyl (C=O) groups is 2. The average Bonchev–Trinajstić information content (AvgIpc) is 2.73. The average molecular weight is 385 g/mol. The van der Waals surface area contributed by atoms with Crippen molar-refractivity contribution in [3.63, 3.8) is 0 Å². The van der Waals surface area contributed by atoms with E-state index in [4.69, 9.17) is 14.2 Å². The first-order valence-electron chi connectivity index (χ1n) is 8.44. The van der Waals surface area contributed by atoms with Gasteiger partial charge in [-0.3, -0.25) is 9.59 Å². The fourth-order valence-electron chi connectivity index (χ4n) is 2.47. The molecule has 0 aliphatic carbocycles. The smallest absolute Gasteiger partial charge is 0.259 e. The van der Waals surface area contributed by atoms with Crippen molar-refractivity contribution in [2.24, 2.45) is 5.10 Å². The van der Waals surface area contributed by atoms with Crippen LogP contribution in [0.25, 0.3) is 0 Å². The number of hydrogen-bond acceptors (Lipinski definition) is 7. The molecular formula is C19H19N3O6. The van der Waals surface area contributed by atoms with Crippen LogP contribution in [0.5, 0.6) is 23.0 Å². The number of hydrazone groups is 1. The molecule has 3 N–H and O–H groups in total. The lowest BCUT2D eigenvalue weighted by molar-refractivity contribution is -0.120. The lowest BCUT2D eigenvalue weighted by Gasteiger charge is -2.18. The van der Waals surface area contributed by atoms with E-state index in [-0.39, 0.29) is 12.3 Å². The van der Waals surface area contributed by atoms with Crippen LogP contribution in [0.4, 0.5) is 0 Å². The lowest BCUT2D eigenvalue weighted by atomic mass is 10.2. The zero-order chi connectivity index (χ0) is 19.9. The molecule has 0 unspecified atom stereocenters. The van der Waals surface area contributed by atoms with Gasteiger partial charge < -0.3 is 24.6 Å². The van der Waals surface area contributed by atoms with E-state index in [1.165, 1.54) is 13.3 Å². The van der Waals surface area contributed by atoms with E-state index >= 15 is 0 Å². The summed E-state index contributed by atoms with van der Waals surface area (Å²) in [6, 6.07) is 9.68. The molecule has 1 aliphatic heterocycles. The first kappa shape index (κ1) is 19.0. The van der Waals surface area contributed by atoms with Crippen molar-refractivity contribution in [1.82, 2.24) is 10.7 Å². The number of hydrogen-bond donors (Lipinski definition) is 3. The largest absolute Gasteiger partial charge is 0.504 e. The van der Waals surface area contributed by atoms with Crippen LogP contribution in [-0.4, -0.2) is 50.0 Å². The van der Waals surface area contributed by atoms with Crippen LogP contribution < -0.4 is 25.0 Å². The van der Waals surface area contributed by atoms with Crippen LogP contribution in [-0.2, 0) is 4.79 Å². The second kappa shape index (κ2) is 8.76. The Morgan fingerprint density at radius 3 is 2.79 bits per heavy atom. The van der Waals surface area contributed by atoms with Crippen molar-refractivity contribution in [3.05, 3.63) is 47.5 Å². The number of benzene rings is 2. The second-order valence-electron chi connectivity index (χ2n) is 5.73. The van der Waals surface area contributed by atoms with E-state index in [0.29, 0.717) is 41.6 Å². The summed E-state index contributed by atoms with van der Waals surface area (Å²) in [5, 5.41) is 16.2. The van der Waals surface area contributed by atoms with Gasteiger partial charge in [0.15, 0.2) is 23.0 Å². The molecule has 0 radical (unpaired) electrons. The maximum atomic E-state index is 12.2. The fraction of sp³-hybridized carbons (Fsp3) is 0.211. The first-order valence-corrected chi connectivity index (χ1v) is 8.44. The second-order valence-corrected chi connectivity index (χ2v) is 5.73. The summed E-state index contributed by atoms with van der Waals surface area (Å²) < 4.78 is 15.8. The third-order valence-electron chi connectivity index (χ3n) is 3.86. The van der Waals surface area contributed by atoms with Crippen molar-refractivity contribution in [1.29, 1.82) is 0 Å². The van der Waals surface area contributed by atoms with Crippen LogP contribution >= 0.6 is 0 Å². The van der Waals surface area contributed by atoms with Crippen LogP contribution in [0.3, 0.4) is 0 Å². The molecule has 0 saturated heterocycles. The van der Waals surface area contributed by atoms with Gasteiger partial charge in [0.05, 0.1) is 19.9 Å². The van der Waals surface area contributed by atoms with Crippen molar-refractivity contribution in [2.45, 2.75) is 0 Å². The van der Waals surface area contributed by atoms with Gasteiger partial charge in [-0.2, -0.15) is 5.10 Å². The van der Waals surface area contributed by atoms with Crippen LogP contribution in [0.15, 0.2) is 41.5 Å². The molecule has 0 saturated carbocycles. The zero-order valence-corrected chi connectivity index (χ0v) is 15.1. The molecule has 0 spiro atoms. The lowest BCUT2D eigenvalue weighted by Crippen LogP contribution is -2.35. The normalized spacial score (nSPS) is 12.5. The van der Waals surface area contributed by atoms with Gasteiger partial charge in [-0.05, 0) is 30.3 Å². The minimum atomic E-state index is -0.524. The summed E-state index contributed by atoms with van der Waals surface area (Å²) in [6.45, 7) is 0.614. The number of phenols is 1. The number of para-hydroxylation sites is 1. The minimum Gasteiger partial charge on any atom is -0.504 e. The number of aromatic hydroxyl groups is 1. The molecule has 0 bridgehead atoms. The minimum absolute atomic E-state index is 0.0880. The standard InChI is InChI=1S/C19H19N3O6/c1-26-15-4-2-3-13(18(15)24)10-21-22-17(23)11-20-19(25)12-5-6-14-16(9-12)28-8-7-27-14/h2-6,9-10,24H,7-8,11H2,1H3,(H,20,25)(H,22,23)/b21-10-. The molecule has 0 aromatic heterocycles. The predicted molar refractivity (Wildman–Crippen MR) is 100 cm³/mol. The Hall–Kier alpha value is -3.75. The highest BCUT2D eigenvalue weighted by Gasteiger charge is 2.15. The topological polar surface area (TPSA) is 118 Å². The quantitative estimate of drug-likeness (QED) is 0.505. The van der Waals surface area contributed by atoms with Crippen LogP contribution in [0, 0.1) is 0 Å². The highest BCUT2D eigenvalue weighted by Crippen LogP contribution is 2.30. The van der Waals surface area contributed by atoms with Gasteiger partial charge in [-0.15, -0.1) is 0 Å². The molecule has 0 fully saturated rings. The number of ether oxygens (including phenoxy) is 3. The van der Waals surface area contributed by atoms with Crippen LogP contribution in [0.2, 0.25) is 0 Å².